The smallest absolute Gasteiger partial charge is 0.195 e. The van der Waals surface area contributed by atoms with E-state index in [1.165, 1.54) is 5.39 Å². The third kappa shape index (κ3) is 3.31. The van der Waals surface area contributed by atoms with Crippen LogP contribution in [-0.4, -0.2) is 28.3 Å². The highest BCUT2D eigenvalue weighted by Crippen LogP contribution is 2.32. The fourth-order valence-corrected chi connectivity index (χ4v) is 3.36. The van der Waals surface area contributed by atoms with E-state index in [1.54, 1.807) is 0 Å². The van der Waals surface area contributed by atoms with Gasteiger partial charge in [0.1, 0.15) is 0 Å². The quantitative estimate of drug-likeness (QED) is 0.745. The minimum Gasteiger partial charge on any atom is -0.494 e. The van der Waals surface area contributed by atoms with Crippen LogP contribution in [0.4, 0.5) is 0 Å². The first-order chi connectivity index (χ1) is 12.4. The maximum atomic E-state index is 11.0. The molecule has 0 saturated heterocycles. The van der Waals surface area contributed by atoms with Crippen molar-refractivity contribution in [1.82, 2.24) is 4.90 Å². The van der Waals surface area contributed by atoms with Crippen LogP contribution in [0.25, 0.3) is 23.2 Å². The molecule has 0 aliphatic rings. The number of aliphatic hydroxyl groups is 2. The molecule has 0 amide bonds. The molecule has 0 heterocycles. The maximum absolute atomic E-state index is 11.0. The zero-order valence-electron chi connectivity index (χ0n) is 15.3. The highest BCUT2D eigenvalue weighted by molar-refractivity contribution is 5.83. The zero-order chi connectivity index (χ0) is 18.7. The van der Waals surface area contributed by atoms with E-state index in [0.29, 0.717) is 11.8 Å². The molecule has 3 nitrogen and oxygen atoms in total. The Labute approximate surface area is 154 Å². The molecular weight excluding hydrogens is 322 g/mol. The molecule has 0 aromatic heterocycles. The number of hydrogen-bond donors (Lipinski definition) is 2. The summed E-state index contributed by atoms with van der Waals surface area (Å²) < 4.78 is 0. The van der Waals surface area contributed by atoms with E-state index in [2.05, 4.69) is 50.8 Å². The average molecular weight is 347 g/mol. The topological polar surface area (TPSA) is 43.7 Å². The van der Waals surface area contributed by atoms with Crippen LogP contribution in [0.3, 0.4) is 0 Å². The largest absolute Gasteiger partial charge is 0.494 e. The van der Waals surface area contributed by atoms with E-state index in [0.717, 1.165) is 16.2 Å². The molecule has 0 spiro atoms. The lowest BCUT2D eigenvalue weighted by molar-refractivity contribution is 0.119. The molecule has 26 heavy (non-hydrogen) atoms. The third-order valence-corrected chi connectivity index (χ3v) is 4.97. The Balaban J connectivity index is 2.15. The highest BCUT2D eigenvalue weighted by atomic mass is 16.3. The molecule has 0 unspecified atom stereocenters. The second-order valence-electron chi connectivity index (χ2n) is 6.98. The normalized spacial score (nSPS) is 12.9. The molecule has 2 N–H and O–H groups in total. The number of hydrogen-bond acceptors (Lipinski definition) is 3. The van der Waals surface area contributed by atoms with Crippen molar-refractivity contribution in [3.63, 3.8) is 0 Å². The minimum atomic E-state index is -0.515. The summed E-state index contributed by atoms with van der Waals surface area (Å²) in [5.74, 6) is 0.128. The van der Waals surface area contributed by atoms with Gasteiger partial charge in [-0.05, 0) is 47.5 Å². The van der Waals surface area contributed by atoms with Crippen LogP contribution in [0.5, 0.6) is 0 Å². The highest BCUT2D eigenvalue weighted by Gasteiger charge is 2.30. The first-order valence-corrected chi connectivity index (χ1v) is 8.80. The number of aliphatic hydroxyl groups excluding tert-OH is 2. The predicted octanol–water partition coefficient (Wildman–Crippen LogP) is 3.10. The van der Waals surface area contributed by atoms with Gasteiger partial charge in [0.2, 0.25) is 0 Å². The molecule has 134 valence electrons. The summed E-state index contributed by atoms with van der Waals surface area (Å²) in [6, 6.07) is 22.0. The molecule has 0 fully saturated rings. The summed E-state index contributed by atoms with van der Waals surface area (Å²) in [7, 11) is 0. The molecule has 0 saturated carbocycles. The van der Waals surface area contributed by atoms with Crippen molar-refractivity contribution in [1.29, 1.82) is 0 Å². The van der Waals surface area contributed by atoms with Crippen molar-refractivity contribution in [2.24, 2.45) is 0 Å². The van der Waals surface area contributed by atoms with Gasteiger partial charge in [0.15, 0.2) is 5.88 Å². The molecule has 3 heteroatoms. The first-order valence-electron chi connectivity index (χ1n) is 8.80. The van der Waals surface area contributed by atoms with Crippen LogP contribution in [0.15, 0.2) is 66.7 Å². The van der Waals surface area contributed by atoms with E-state index < -0.39 is 5.54 Å². The number of nitrogens with zero attached hydrogens (tertiary/aromatic N) is 1. The van der Waals surface area contributed by atoms with Crippen LogP contribution in [0.1, 0.15) is 19.4 Å². The van der Waals surface area contributed by atoms with E-state index in [9.17, 15) is 10.2 Å². The molecule has 0 radical (unpaired) electrons. The second-order valence-corrected chi connectivity index (χ2v) is 6.98. The minimum absolute atomic E-state index is 0.0552. The van der Waals surface area contributed by atoms with Crippen LogP contribution >= 0.6 is 0 Å². The Hall–Kier alpha value is -2.78. The van der Waals surface area contributed by atoms with Gasteiger partial charge in [0, 0.05) is 11.8 Å². The molecule has 3 aromatic carbocycles. The van der Waals surface area contributed by atoms with Gasteiger partial charge in [-0.3, -0.25) is 0 Å². The summed E-state index contributed by atoms with van der Waals surface area (Å²) in [6.07, 6.45) is 0. The predicted molar refractivity (Wildman–Crippen MR) is 108 cm³/mol. The third-order valence-electron chi connectivity index (χ3n) is 4.97. The summed E-state index contributed by atoms with van der Waals surface area (Å²) in [5.41, 5.74) is 0.553. The lowest BCUT2D eigenvalue weighted by atomic mass is 9.90. The van der Waals surface area contributed by atoms with Crippen LogP contribution in [0, 0.1) is 0 Å². The van der Waals surface area contributed by atoms with Gasteiger partial charge in [-0.15, -0.1) is 0 Å². The maximum Gasteiger partial charge on any atom is 0.195 e. The monoisotopic (exact) mass is 347 g/mol. The Morgan fingerprint density at radius 1 is 0.962 bits per heavy atom. The van der Waals surface area contributed by atoms with Crippen molar-refractivity contribution in [3.8, 4) is 0 Å². The van der Waals surface area contributed by atoms with Gasteiger partial charge in [0.25, 0.3) is 0 Å². The van der Waals surface area contributed by atoms with Gasteiger partial charge < -0.3 is 15.1 Å². The molecule has 0 aliphatic heterocycles. The lowest BCUT2D eigenvalue weighted by Crippen LogP contribution is -2.45. The van der Waals surface area contributed by atoms with Crippen LogP contribution in [0.2, 0.25) is 0 Å². The Kier molecular flexibility index (Phi) is 5.01. The number of rotatable bonds is 5. The van der Waals surface area contributed by atoms with E-state index in [-0.39, 0.29) is 12.5 Å². The Bertz CT molecular complexity index is 1020. The van der Waals surface area contributed by atoms with E-state index in [4.69, 9.17) is 0 Å². The van der Waals surface area contributed by atoms with E-state index in [1.807, 2.05) is 41.3 Å². The summed E-state index contributed by atoms with van der Waals surface area (Å²) in [5, 5.41) is 24.4. The molecular formula is C23H25NO2. The lowest BCUT2D eigenvalue weighted by Gasteiger charge is -2.40. The van der Waals surface area contributed by atoms with Crippen molar-refractivity contribution >= 4 is 23.2 Å². The van der Waals surface area contributed by atoms with Crippen LogP contribution in [-0.2, 0) is 5.54 Å². The molecule has 0 aliphatic carbocycles. The summed E-state index contributed by atoms with van der Waals surface area (Å²) in [4.78, 5) is 1.83. The molecule has 3 aromatic rings. The number of benzene rings is 3. The van der Waals surface area contributed by atoms with Gasteiger partial charge in [-0.25, -0.2) is 0 Å². The fraction of sp³-hybridized carbons (Fsp3) is 0.217. The van der Waals surface area contributed by atoms with Gasteiger partial charge >= 0.3 is 0 Å². The van der Waals surface area contributed by atoms with Gasteiger partial charge in [-0.1, -0.05) is 61.2 Å². The molecule has 0 atom stereocenters. The van der Waals surface area contributed by atoms with Crippen molar-refractivity contribution in [2.75, 3.05) is 13.2 Å². The SMILES string of the molecule is C=c1cccc/c1=C(/O)N(CCO)C(C)(C)c1ccc2ccccc2c1. The van der Waals surface area contributed by atoms with Gasteiger partial charge in [0.05, 0.1) is 12.1 Å². The molecule has 0 bridgehead atoms. The van der Waals surface area contributed by atoms with Crippen molar-refractivity contribution < 1.29 is 10.2 Å². The number of fused-ring (bicyclic) bond motifs is 1. The zero-order valence-corrected chi connectivity index (χ0v) is 15.3. The second kappa shape index (κ2) is 7.22. The van der Waals surface area contributed by atoms with Crippen molar-refractivity contribution in [3.05, 3.63) is 82.7 Å². The van der Waals surface area contributed by atoms with Gasteiger partial charge in [-0.2, -0.15) is 0 Å². The Morgan fingerprint density at radius 2 is 1.62 bits per heavy atom. The first kappa shape index (κ1) is 18.0. The summed E-state index contributed by atoms with van der Waals surface area (Å²) >= 11 is 0. The standard InChI is InChI=1S/C23H25NO2/c1-17-8-4-7-11-21(17)22(26)24(14-15-25)23(2,3)20-13-12-18-9-5-6-10-19(18)16-20/h4-13,16,25-26H,1,14-15H2,2-3H3/b22-21-. The van der Waals surface area contributed by atoms with Crippen molar-refractivity contribution in [2.45, 2.75) is 19.4 Å². The summed E-state index contributed by atoms with van der Waals surface area (Å²) in [6.45, 7) is 8.37. The van der Waals surface area contributed by atoms with E-state index >= 15 is 0 Å². The van der Waals surface area contributed by atoms with Crippen LogP contribution < -0.4 is 10.4 Å². The average Bonchev–Trinajstić information content (AvgIpc) is 2.65. The Morgan fingerprint density at radius 3 is 2.31 bits per heavy atom. The molecule has 3 rings (SSSR count). The fourth-order valence-electron chi connectivity index (χ4n) is 3.36.